The highest BCUT2D eigenvalue weighted by molar-refractivity contribution is 7.99. The van der Waals surface area contributed by atoms with E-state index in [0.717, 1.165) is 5.75 Å². The highest BCUT2D eigenvalue weighted by Gasteiger charge is 2.20. The number of thioether (sulfide) groups is 1. The topological polar surface area (TPSA) is 103 Å². The van der Waals surface area contributed by atoms with Gasteiger partial charge in [-0.3, -0.25) is 4.79 Å². The minimum absolute atomic E-state index is 0.0969. The van der Waals surface area contributed by atoms with Gasteiger partial charge < -0.3 is 14.6 Å². The van der Waals surface area contributed by atoms with Crippen LogP contribution in [0, 0.1) is 0 Å². The molecule has 4 aromatic rings. The lowest BCUT2D eigenvalue weighted by molar-refractivity contribution is -0.113. The molecule has 4 rings (SSSR count). The van der Waals surface area contributed by atoms with Gasteiger partial charge >= 0.3 is 0 Å². The van der Waals surface area contributed by atoms with Crippen LogP contribution in [0.1, 0.15) is 5.82 Å². The van der Waals surface area contributed by atoms with Gasteiger partial charge in [0, 0.05) is 12.7 Å². The molecular formula is C24H22N4O4S2. The normalized spacial score (nSPS) is 11.2. The van der Waals surface area contributed by atoms with E-state index in [0.29, 0.717) is 22.4 Å². The Balaban J connectivity index is 1.31. The molecule has 34 heavy (non-hydrogen) atoms. The van der Waals surface area contributed by atoms with Crippen LogP contribution < -0.4 is 10.1 Å². The zero-order valence-corrected chi connectivity index (χ0v) is 19.9. The van der Waals surface area contributed by atoms with E-state index in [9.17, 15) is 13.2 Å². The Morgan fingerprint density at radius 3 is 2.21 bits per heavy atom. The maximum atomic E-state index is 12.6. The quantitative estimate of drug-likeness (QED) is 0.346. The first-order valence-electron chi connectivity index (χ1n) is 10.3. The van der Waals surface area contributed by atoms with Crippen molar-refractivity contribution in [3.05, 3.63) is 90.8 Å². The molecule has 0 saturated heterocycles. The van der Waals surface area contributed by atoms with Crippen molar-refractivity contribution in [3.8, 4) is 11.5 Å². The molecule has 0 saturated carbocycles. The molecule has 8 nitrogen and oxygen atoms in total. The van der Waals surface area contributed by atoms with Crippen molar-refractivity contribution >= 4 is 33.2 Å². The minimum atomic E-state index is -3.54. The van der Waals surface area contributed by atoms with Gasteiger partial charge in [-0.15, -0.1) is 10.2 Å². The van der Waals surface area contributed by atoms with Crippen molar-refractivity contribution in [1.29, 1.82) is 0 Å². The van der Waals surface area contributed by atoms with Crippen molar-refractivity contribution in [2.75, 3.05) is 11.1 Å². The van der Waals surface area contributed by atoms with E-state index in [1.807, 2.05) is 30.3 Å². The average molecular weight is 495 g/mol. The number of carbonyl (C=O) groups is 1. The van der Waals surface area contributed by atoms with E-state index in [1.54, 1.807) is 66.2 Å². The summed E-state index contributed by atoms with van der Waals surface area (Å²) in [6.07, 6.45) is 0. The number of hydrogen-bond acceptors (Lipinski definition) is 7. The number of rotatable bonds is 9. The predicted octanol–water partition coefficient (Wildman–Crippen LogP) is 4.31. The SMILES string of the molecule is Cn1c(CS(=O)(=O)c2ccccc2)nnc1SCC(=O)Nc1ccc(Oc2ccccc2)cc1. The van der Waals surface area contributed by atoms with Crippen LogP contribution in [-0.2, 0) is 27.4 Å². The van der Waals surface area contributed by atoms with Crippen molar-refractivity contribution in [2.45, 2.75) is 15.8 Å². The summed E-state index contributed by atoms with van der Waals surface area (Å²) in [7, 11) is -1.86. The zero-order valence-electron chi connectivity index (χ0n) is 18.3. The van der Waals surface area contributed by atoms with Crippen LogP contribution in [0.3, 0.4) is 0 Å². The van der Waals surface area contributed by atoms with E-state index >= 15 is 0 Å². The van der Waals surface area contributed by atoms with Gasteiger partial charge in [-0.1, -0.05) is 48.2 Å². The first-order chi connectivity index (χ1) is 16.4. The monoisotopic (exact) mass is 494 g/mol. The molecule has 0 fully saturated rings. The molecule has 0 spiro atoms. The van der Waals surface area contributed by atoms with Gasteiger partial charge in [-0.2, -0.15) is 0 Å². The number of ether oxygens (including phenoxy) is 1. The molecule has 0 radical (unpaired) electrons. The van der Waals surface area contributed by atoms with Gasteiger partial charge in [0.1, 0.15) is 23.1 Å². The average Bonchev–Trinajstić information content (AvgIpc) is 3.18. The lowest BCUT2D eigenvalue weighted by Gasteiger charge is -2.08. The standard InChI is InChI=1S/C24H22N4O4S2/c1-28-22(17-34(30,31)21-10-6-3-7-11-21)26-27-24(28)33-16-23(29)25-18-12-14-20(15-13-18)32-19-8-4-2-5-9-19/h2-15H,16-17H2,1H3,(H,25,29). The van der Waals surface area contributed by atoms with E-state index in [1.165, 1.54) is 11.8 Å². The van der Waals surface area contributed by atoms with Crippen LogP contribution in [0.2, 0.25) is 0 Å². The second kappa shape index (κ2) is 10.5. The van der Waals surface area contributed by atoms with Crippen molar-refractivity contribution in [2.24, 2.45) is 7.05 Å². The van der Waals surface area contributed by atoms with Crippen LogP contribution >= 0.6 is 11.8 Å². The maximum Gasteiger partial charge on any atom is 0.234 e. The van der Waals surface area contributed by atoms with Crippen LogP contribution in [-0.4, -0.2) is 34.8 Å². The molecule has 3 aromatic carbocycles. The molecule has 0 unspecified atom stereocenters. The number of amides is 1. The highest BCUT2D eigenvalue weighted by Crippen LogP contribution is 2.23. The van der Waals surface area contributed by atoms with E-state index in [4.69, 9.17) is 4.74 Å². The molecule has 0 aliphatic heterocycles. The largest absolute Gasteiger partial charge is 0.457 e. The third kappa shape index (κ3) is 6.03. The van der Waals surface area contributed by atoms with Gasteiger partial charge in [-0.25, -0.2) is 8.42 Å². The summed E-state index contributed by atoms with van der Waals surface area (Å²) in [4.78, 5) is 12.6. The molecule has 1 heterocycles. The number of nitrogens with zero attached hydrogens (tertiary/aromatic N) is 3. The minimum Gasteiger partial charge on any atom is -0.457 e. The summed E-state index contributed by atoms with van der Waals surface area (Å²) in [5, 5.41) is 11.3. The van der Waals surface area contributed by atoms with Gasteiger partial charge in [0.15, 0.2) is 15.0 Å². The molecule has 1 N–H and O–H groups in total. The Hall–Kier alpha value is -3.63. The Labute approximate surface area is 201 Å². The molecule has 0 atom stereocenters. The van der Waals surface area contributed by atoms with Gasteiger partial charge in [0.25, 0.3) is 0 Å². The summed E-state index contributed by atoms with van der Waals surface area (Å²) in [6, 6.07) is 24.7. The number of hydrogen-bond donors (Lipinski definition) is 1. The number of sulfone groups is 1. The van der Waals surface area contributed by atoms with Crippen LogP contribution in [0.25, 0.3) is 0 Å². The number of para-hydroxylation sites is 1. The number of aromatic nitrogens is 3. The summed E-state index contributed by atoms with van der Waals surface area (Å²) < 4.78 is 32.5. The van der Waals surface area contributed by atoms with Crippen LogP contribution in [0.15, 0.2) is 95.0 Å². The number of nitrogens with one attached hydrogen (secondary N) is 1. The third-order valence-corrected chi connectivity index (χ3v) is 7.44. The molecule has 10 heteroatoms. The first-order valence-corrected chi connectivity index (χ1v) is 13.0. The number of anilines is 1. The predicted molar refractivity (Wildman–Crippen MR) is 131 cm³/mol. The summed E-state index contributed by atoms with van der Waals surface area (Å²) in [6.45, 7) is 0. The second-order valence-corrected chi connectivity index (χ2v) is 10.2. The fourth-order valence-electron chi connectivity index (χ4n) is 3.04. The Morgan fingerprint density at radius 1 is 0.912 bits per heavy atom. The fourth-order valence-corrected chi connectivity index (χ4v) is 5.10. The van der Waals surface area contributed by atoms with Crippen LogP contribution in [0.5, 0.6) is 11.5 Å². The summed E-state index contributed by atoms with van der Waals surface area (Å²) >= 11 is 1.18. The van der Waals surface area contributed by atoms with Crippen LogP contribution in [0.4, 0.5) is 5.69 Å². The lowest BCUT2D eigenvalue weighted by atomic mass is 10.3. The summed E-state index contributed by atoms with van der Waals surface area (Å²) in [5.41, 5.74) is 0.638. The molecular weight excluding hydrogens is 472 g/mol. The summed E-state index contributed by atoms with van der Waals surface area (Å²) in [5.74, 6) is 1.31. The Morgan fingerprint density at radius 2 is 1.53 bits per heavy atom. The Bertz CT molecular complexity index is 1360. The zero-order chi connectivity index (χ0) is 24.0. The van der Waals surface area contributed by atoms with E-state index in [-0.39, 0.29) is 22.3 Å². The molecule has 0 aliphatic carbocycles. The fraction of sp³-hybridized carbons (Fsp3) is 0.125. The van der Waals surface area contributed by atoms with Crippen molar-refractivity contribution < 1.29 is 17.9 Å². The van der Waals surface area contributed by atoms with Crippen molar-refractivity contribution in [1.82, 2.24) is 14.8 Å². The van der Waals surface area contributed by atoms with Gasteiger partial charge in [0.05, 0.1) is 10.6 Å². The number of benzene rings is 3. The van der Waals surface area contributed by atoms with Crippen molar-refractivity contribution in [3.63, 3.8) is 0 Å². The Kier molecular flexibility index (Phi) is 7.29. The number of carbonyl (C=O) groups excluding carboxylic acids is 1. The molecule has 1 aromatic heterocycles. The molecule has 1 amide bonds. The van der Waals surface area contributed by atoms with E-state index < -0.39 is 9.84 Å². The molecule has 0 bridgehead atoms. The smallest absolute Gasteiger partial charge is 0.234 e. The van der Waals surface area contributed by atoms with Gasteiger partial charge in [0.2, 0.25) is 5.91 Å². The second-order valence-electron chi connectivity index (χ2n) is 7.31. The third-order valence-electron chi connectivity index (χ3n) is 4.80. The lowest BCUT2D eigenvalue weighted by Crippen LogP contribution is -2.14. The van der Waals surface area contributed by atoms with E-state index in [2.05, 4.69) is 15.5 Å². The molecule has 0 aliphatic rings. The van der Waals surface area contributed by atoms with Gasteiger partial charge in [-0.05, 0) is 48.5 Å². The highest BCUT2D eigenvalue weighted by atomic mass is 32.2. The first kappa shape index (κ1) is 23.5. The molecule has 174 valence electrons. The maximum absolute atomic E-state index is 12.6.